The number of carbonyl (C=O) groups is 1. The number of ether oxygens (including phenoxy) is 2. The molecule has 1 atom stereocenters. The Labute approximate surface area is 139 Å². The molecule has 0 bridgehead atoms. The number of hydrogen-bond donors (Lipinski definition) is 1. The SMILES string of the molecule is CCC(Oc1cccc(OC)c1)C(=O)NC1CCCCCCC1. The molecule has 4 heteroatoms. The molecule has 2 rings (SSSR count). The summed E-state index contributed by atoms with van der Waals surface area (Å²) < 4.78 is 11.1. The number of methoxy groups -OCH3 is 1. The molecule has 1 amide bonds. The highest BCUT2D eigenvalue weighted by Gasteiger charge is 2.22. The lowest BCUT2D eigenvalue weighted by Gasteiger charge is -2.24. The maximum Gasteiger partial charge on any atom is 0.261 e. The van der Waals surface area contributed by atoms with Gasteiger partial charge in [0.15, 0.2) is 6.10 Å². The van der Waals surface area contributed by atoms with E-state index in [4.69, 9.17) is 9.47 Å². The predicted molar refractivity (Wildman–Crippen MR) is 92.0 cm³/mol. The van der Waals surface area contributed by atoms with Crippen molar-refractivity contribution in [3.05, 3.63) is 24.3 Å². The Kier molecular flexibility index (Phi) is 7.24. The molecule has 0 aromatic heterocycles. The quantitative estimate of drug-likeness (QED) is 0.859. The monoisotopic (exact) mass is 319 g/mol. The third-order valence-electron chi connectivity index (χ3n) is 4.43. The molecule has 0 saturated heterocycles. The van der Waals surface area contributed by atoms with E-state index < -0.39 is 6.10 Å². The van der Waals surface area contributed by atoms with Gasteiger partial charge in [0.1, 0.15) is 11.5 Å². The van der Waals surface area contributed by atoms with Gasteiger partial charge in [0.05, 0.1) is 7.11 Å². The summed E-state index contributed by atoms with van der Waals surface area (Å²) >= 11 is 0. The first-order chi connectivity index (χ1) is 11.2. The predicted octanol–water partition coefficient (Wildman–Crippen LogP) is 4.08. The van der Waals surface area contributed by atoms with Gasteiger partial charge in [0.25, 0.3) is 5.91 Å². The standard InChI is InChI=1S/C19H29NO3/c1-3-18(23-17-13-9-12-16(14-17)22-2)19(21)20-15-10-7-5-4-6-8-11-15/h9,12-15,18H,3-8,10-11H2,1-2H3,(H,20,21). The van der Waals surface area contributed by atoms with E-state index in [-0.39, 0.29) is 5.91 Å². The normalized spacial score (nSPS) is 17.7. The molecule has 1 unspecified atom stereocenters. The Morgan fingerprint density at radius 3 is 2.48 bits per heavy atom. The molecule has 0 aliphatic heterocycles. The molecule has 1 fully saturated rings. The van der Waals surface area contributed by atoms with Gasteiger partial charge in [-0.05, 0) is 31.4 Å². The number of amides is 1. The van der Waals surface area contributed by atoms with Gasteiger partial charge in [-0.2, -0.15) is 0 Å². The van der Waals surface area contributed by atoms with Crippen LogP contribution in [0.1, 0.15) is 58.3 Å². The zero-order valence-electron chi connectivity index (χ0n) is 14.3. The van der Waals surface area contributed by atoms with E-state index in [1.165, 1.54) is 32.1 Å². The van der Waals surface area contributed by atoms with E-state index >= 15 is 0 Å². The molecule has 1 aromatic rings. The third kappa shape index (κ3) is 5.77. The zero-order chi connectivity index (χ0) is 16.5. The van der Waals surface area contributed by atoms with E-state index in [9.17, 15) is 4.79 Å². The van der Waals surface area contributed by atoms with Crippen LogP contribution in [0.25, 0.3) is 0 Å². The molecule has 128 valence electrons. The van der Waals surface area contributed by atoms with E-state index in [0.717, 1.165) is 18.6 Å². The fourth-order valence-electron chi connectivity index (χ4n) is 3.06. The van der Waals surface area contributed by atoms with E-state index in [0.29, 0.717) is 18.2 Å². The Balaban J connectivity index is 1.91. The van der Waals surface area contributed by atoms with Gasteiger partial charge in [0, 0.05) is 12.1 Å². The van der Waals surface area contributed by atoms with Gasteiger partial charge in [0.2, 0.25) is 0 Å². The van der Waals surface area contributed by atoms with Crippen molar-refractivity contribution in [1.29, 1.82) is 0 Å². The van der Waals surface area contributed by atoms with E-state index in [2.05, 4.69) is 5.32 Å². The van der Waals surface area contributed by atoms with Crippen molar-refractivity contribution in [2.24, 2.45) is 0 Å². The van der Waals surface area contributed by atoms with Crippen LogP contribution >= 0.6 is 0 Å². The smallest absolute Gasteiger partial charge is 0.261 e. The highest BCUT2D eigenvalue weighted by atomic mass is 16.5. The van der Waals surface area contributed by atoms with Crippen LogP contribution in [0.2, 0.25) is 0 Å². The number of rotatable bonds is 6. The van der Waals surface area contributed by atoms with Crippen molar-refractivity contribution >= 4 is 5.91 Å². The Morgan fingerprint density at radius 1 is 1.17 bits per heavy atom. The molecule has 0 heterocycles. The maximum atomic E-state index is 12.5. The molecule has 1 aliphatic carbocycles. The lowest BCUT2D eigenvalue weighted by Crippen LogP contribution is -2.43. The summed E-state index contributed by atoms with van der Waals surface area (Å²) in [5, 5.41) is 3.19. The van der Waals surface area contributed by atoms with Crippen molar-refractivity contribution < 1.29 is 14.3 Å². The molecule has 1 aromatic carbocycles. The van der Waals surface area contributed by atoms with Gasteiger partial charge >= 0.3 is 0 Å². The van der Waals surface area contributed by atoms with Crippen molar-refractivity contribution in [2.45, 2.75) is 70.4 Å². The summed E-state index contributed by atoms with van der Waals surface area (Å²) in [6.07, 6.45) is 8.67. The highest BCUT2D eigenvalue weighted by molar-refractivity contribution is 5.81. The molecular formula is C19H29NO3. The van der Waals surface area contributed by atoms with Crippen LogP contribution in [0.4, 0.5) is 0 Å². The van der Waals surface area contributed by atoms with Crippen LogP contribution in [-0.2, 0) is 4.79 Å². The van der Waals surface area contributed by atoms with Gasteiger partial charge in [-0.1, -0.05) is 45.1 Å². The number of carbonyl (C=O) groups excluding carboxylic acids is 1. The average Bonchev–Trinajstić information content (AvgIpc) is 2.55. The lowest BCUT2D eigenvalue weighted by molar-refractivity contribution is -0.129. The fraction of sp³-hybridized carbons (Fsp3) is 0.632. The van der Waals surface area contributed by atoms with Gasteiger partial charge < -0.3 is 14.8 Å². The third-order valence-corrected chi connectivity index (χ3v) is 4.43. The first kappa shape index (κ1) is 17.6. The molecule has 23 heavy (non-hydrogen) atoms. The van der Waals surface area contributed by atoms with Crippen molar-refractivity contribution in [3.63, 3.8) is 0 Å². The minimum Gasteiger partial charge on any atom is -0.497 e. The maximum absolute atomic E-state index is 12.5. The first-order valence-electron chi connectivity index (χ1n) is 8.84. The second-order valence-electron chi connectivity index (χ2n) is 6.24. The summed E-state index contributed by atoms with van der Waals surface area (Å²) in [5.74, 6) is 1.41. The van der Waals surface area contributed by atoms with Crippen LogP contribution in [0.3, 0.4) is 0 Å². The summed E-state index contributed by atoms with van der Waals surface area (Å²) in [4.78, 5) is 12.5. The first-order valence-corrected chi connectivity index (χ1v) is 8.84. The minimum atomic E-state index is -0.451. The molecular weight excluding hydrogens is 290 g/mol. The largest absolute Gasteiger partial charge is 0.497 e. The minimum absolute atomic E-state index is 0.000827. The molecule has 1 N–H and O–H groups in total. The molecule has 4 nitrogen and oxygen atoms in total. The zero-order valence-corrected chi connectivity index (χ0v) is 14.3. The molecule has 0 radical (unpaired) electrons. The summed E-state index contributed by atoms with van der Waals surface area (Å²) in [6.45, 7) is 1.97. The molecule has 0 spiro atoms. The van der Waals surface area contributed by atoms with E-state index in [1.54, 1.807) is 7.11 Å². The summed E-state index contributed by atoms with van der Waals surface area (Å²) in [5.41, 5.74) is 0. The number of hydrogen-bond acceptors (Lipinski definition) is 3. The Morgan fingerprint density at radius 2 is 1.83 bits per heavy atom. The van der Waals surface area contributed by atoms with Crippen molar-refractivity contribution in [2.75, 3.05) is 7.11 Å². The number of benzene rings is 1. The van der Waals surface area contributed by atoms with Crippen LogP contribution in [0, 0.1) is 0 Å². The molecule has 1 saturated carbocycles. The van der Waals surface area contributed by atoms with Crippen molar-refractivity contribution in [3.8, 4) is 11.5 Å². The topological polar surface area (TPSA) is 47.6 Å². The second-order valence-corrected chi connectivity index (χ2v) is 6.24. The Hall–Kier alpha value is -1.71. The van der Waals surface area contributed by atoms with Crippen LogP contribution < -0.4 is 14.8 Å². The number of nitrogens with one attached hydrogen (secondary N) is 1. The highest BCUT2D eigenvalue weighted by Crippen LogP contribution is 2.21. The second kappa shape index (κ2) is 9.43. The van der Waals surface area contributed by atoms with Gasteiger partial charge in [-0.3, -0.25) is 4.79 Å². The summed E-state index contributed by atoms with van der Waals surface area (Å²) in [6, 6.07) is 7.70. The van der Waals surface area contributed by atoms with Gasteiger partial charge in [-0.25, -0.2) is 0 Å². The average molecular weight is 319 g/mol. The Bertz CT molecular complexity index is 481. The lowest BCUT2D eigenvalue weighted by atomic mass is 9.96. The molecule has 1 aliphatic rings. The van der Waals surface area contributed by atoms with Crippen LogP contribution in [-0.4, -0.2) is 25.2 Å². The van der Waals surface area contributed by atoms with Crippen LogP contribution in [0.5, 0.6) is 11.5 Å². The van der Waals surface area contributed by atoms with Gasteiger partial charge in [-0.15, -0.1) is 0 Å². The van der Waals surface area contributed by atoms with Crippen LogP contribution in [0.15, 0.2) is 24.3 Å². The summed E-state index contributed by atoms with van der Waals surface area (Å²) in [7, 11) is 1.62. The fourth-order valence-corrected chi connectivity index (χ4v) is 3.06. The van der Waals surface area contributed by atoms with E-state index in [1.807, 2.05) is 31.2 Å². The van der Waals surface area contributed by atoms with Crippen molar-refractivity contribution in [1.82, 2.24) is 5.32 Å².